The number of benzene rings is 2. The lowest BCUT2D eigenvalue weighted by Crippen LogP contribution is -2.40. The van der Waals surface area contributed by atoms with Crippen LogP contribution in [0.15, 0.2) is 80.1 Å². The number of hydrogen-bond donors (Lipinski definition) is 1. The minimum absolute atomic E-state index is 0.191. The normalized spacial score (nSPS) is 22.3. The summed E-state index contributed by atoms with van der Waals surface area (Å²) in [5.74, 6) is 0.191. The Hall–Kier alpha value is -2.28. The number of para-hydroxylation sites is 2. The molecule has 2 aromatic carbocycles. The predicted octanol–water partition coefficient (Wildman–Crippen LogP) is 6.12. The maximum Gasteiger partial charge on any atom is 0.266 e. The van der Waals surface area contributed by atoms with E-state index in [0.29, 0.717) is 0 Å². The standard InChI is InChI=1S/C26H20N2OS3/c29-23-21(15-7-5-13-27-17-9-1-3-11-19(17)31-25(15)27)24(30)22(23)16-8-6-14-28-18-10-2-4-12-20(18)32-26(16)28/h1-4,9-12H,5-8,13-14H2/p+1. The molecule has 158 valence electrons. The second-order valence-electron chi connectivity index (χ2n) is 8.65. The van der Waals surface area contributed by atoms with Crippen LogP contribution >= 0.6 is 35.7 Å². The zero-order valence-electron chi connectivity index (χ0n) is 17.4. The number of allylic oxidation sites excluding steroid dienone is 4. The summed E-state index contributed by atoms with van der Waals surface area (Å²) in [4.78, 5) is 18.2. The van der Waals surface area contributed by atoms with Crippen molar-refractivity contribution >= 4 is 63.0 Å². The number of thiazole rings is 1. The van der Waals surface area contributed by atoms with E-state index in [4.69, 9.17) is 12.6 Å². The second kappa shape index (κ2) is 7.11. The van der Waals surface area contributed by atoms with Gasteiger partial charge in [-0.2, -0.15) is 4.57 Å². The molecule has 1 aliphatic carbocycles. The first-order valence-corrected chi connectivity index (χ1v) is 13.2. The Morgan fingerprint density at radius 3 is 2.66 bits per heavy atom. The smallest absolute Gasteiger partial charge is 0.266 e. The molecule has 0 bridgehead atoms. The Morgan fingerprint density at radius 1 is 0.938 bits per heavy atom. The third kappa shape index (κ3) is 2.57. The minimum Gasteiger partial charge on any atom is -0.335 e. The molecule has 0 amide bonds. The Morgan fingerprint density at radius 2 is 1.75 bits per heavy atom. The first-order valence-electron chi connectivity index (χ1n) is 11.1. The third-order valence-corrected chi connectivity index (χ3v) is 9.78. The summed E-state index contributed by atoms with van der Waals surface area (Å²) in [7, 11) is 0. The molecule has 0 spiro atoms. The van der Waals surface area contributed by atoms with E-state index < -0.39 is 0 Å². The molecule has 0 fully saturated rings. The van der Waals surface area contributed by atoms with Crippen LogP contribution in [0.2, 0.25) is 0 Å². The van der Waals surface area contributed by atoms with E-state index in [2.05, 4.69) is 58.0 Å². The Kier molecular flexibility index (Phi) is 4.27. The molecule has 4 aliphatic rings. The van der Waals surface area contributed by atoms with Crippen LogP contribution in [-0.4, -0.2) is 12.3 Å². The third-order valence-electron chi connectivity index (χ3n) is 6.88. The monoisotopic (exact) mass is 473 g/mol. The average molecular weight is 474 g/mol. The molecule has 4 heterocycles. The first kappa shape index (κ1) is 19.2. The van der Waals surface area contributed by atoms with E-state index in [1.54, 1.807) is 23.1 Å². The number of aryl methyl sites for hydroxylation is 1. The summed E-state index contributed by atoms with van der Waals surface area (Å²) in [6.45, 7) is 2.03. The van der Waals surface area contributed by atoms with Crippen molar-refractivity contribution in [3.63, 3.8) is 0 Å². The van der Waals surface area contributed by atoms with Crippen LogP contribution in [0.4, 0.5) is 5.69 Å². The summed E-state index contributed by atoms with van der Waals surface area (Å²) < 4.78 is 3.68. The van der Waals surface area contributed by atoms with Crippen molar-refractivity contribution in [1.82, 2.24) is 0 Å². The molecule has 0 radical (unpaired) electrons. The SMILES string of the molecule is O=C1C(C2=C3Sc4ccccc4N3CCC2)=C(S)/C1=C1/CCC[n+]2c1sc1ccccc12. The Balaban J connectivity index is 1.37. The van der Waals surface area contributed by atoms with Gasteiger partial charge in [-0.1, -0.05) is 47.4 Å². The predicted molar refractivity (Wildman–Crippen MR) is 135 cm³/mol. The van der Waals surface area contributed by atoms with E-state index in [1.165, 1.54) is 42.0 Å². The summed E-state index contributed by atoms with van der Waals surface area (Å²) in [5.41, 5.74) is 6.64. The summed E-state index contributed by atoms with van der Waals surface area (Å²) in [5, 5.41) is 2.47. The molecule has 3 nitrogen and oxygen atoms in total. The number of carbonyl (C=O) groups excluding carboxylic acids is 1. The van der Waals surface area contributed by atoms with Gasteiger partial charge in [-0.15, -0.1) is 12.6 Å². The van der Waals surface area contributed by atoms with Crippen LogP contribution in [0.5, 0.6) is 0 Å². The van der Waals surface area contributed by atoms with Gasteiger partial charge in [-0.25, -0.2) is 0 Å². The molecular weight excluding hydrogens is 453 g/mol. The highest BCUT2D eigenvalue weighted by molar-refractivity contribution is 8.03. The number of thiol groups is 1. The van der Waals surface area contributed by atoms with Crippen LogP contribution < -0.4 is 9.47 Å². The fraction of sp³-hybridized carbons (Fsp3) is 0.231. The fourth-order valence-electron chi connectivity index (χ4n) is 5.43. The Bertz CT molecular complexity index is 1440. The maximum absolute atomic E-state index is 13.6. The van der Waals surface area contributed by atoms with Crippen LogP contribution in [-0.2, 0) is 11.3 Å². The number of ketones is 1. The highest BCUT2D eigenvalue weighted by Gasteiger charge is 2.43. The molecule has 7 rings (SSSR count). The van der Waals surface area contributed by atoms with Gasteiger partial charge in [-0.05, 0) is 43.0 Å². The zero-order chi connectivity index (χ0) is 21.4. The molecule has 1 aromatic heterocycles. The van der Waals surface area contributed by atoms with Gasteiger partial charge in [-0.3, -0.25) is 4.79 Å². The Labute approximate surface area is 200 Å². The van der Waals surface area contributed by atoms with Crippen LogP contribution in [0.3, 0.4) is 0 Å². The minimum atomic E-state index is 0.191. The molecule has 0 N–H and O–H groups in total. The average Bonchev–Trinajstić information content (AvgIpc) is 3.39. The quantitative estimate of drug-likeness (QED) is 0.262. The number of thioether (sulfide) groups is 1. The second-order valence-corrected chi connectivity index (χ2v) is 11.2. The van der Waals surface area contributed by atoms with Gasteiger partial charge in [0.05, 0.1) is 10.7 Å². The maximum atomic E-state index is 13.6. The van der Waals surface area contributed by atoms with E-state index >= 15 is 0 Å². The van der Waals surface area contributed by atoms with E-state index in [1.807, 2.05) is 0 Å². The van der Waals surface area contributed by atoms with Gasteiger partial charge < -0.3 is 4.90 Å². The van der Waals surface area contributed by atoms with Crippen molar-refractivity contribution < 1.29 is 9.36 Å². The lowest BCUT2D eigenvalue weighted by atomic mass is 9.79. The van der Waals surface area contributed by atoms with E-state index in [9.17, 15) is 4.79 Å². The molecule has 0 unspecified atom stereocenters. The molecule has 3 aromatic rings. The van der Waals surface area contributed by atoms with Crippen LogP contribution in [0.25, 0.3) is 15.8 Å². The van der Waals surface area contributed by atoms with Gasteiger partial charge in [0, 0.05) is 45.6 Å². The summed E-state index contributed by atoms with van der Waals surface area (Å²) >= 11 is 8.54. The first-order chi connectivity index (χ1) is 15.7. The van der Waals surface area contributed by atoms with Crippen molar-refractivity contribution in [1.29, 1.82) is 0 Å². The van der Waals surface area contributed by atoms with Crippen molar-refractivity contribution in [2.45, 2.75) is 37.1 Å². The van der Waals surface area contributed by atoms with E-state index in [-0.39, 0.29) is 5.78 Å². The molecule has 6 heteroatoms. The largest absolute Gasteiger partial charge is 0.335 e. The summed E-state index contributed by atoms with van der Waals surface area (Å²) in [6, 6.07) is 17.1. The number of carbonyl (C=O) groups is 1. The van der Waals surface area contributed by atoms with Gasteiger partial charge in [0.15, 0.2) is 12.3 Å². The molecule has 0 saturated carbocycles. The zero-order valence-corrected chi connectivity index (χ0v) is 20.0. The van der Waals surface area contributed by atoms with Gasteiger partial charge in [0.2, 0.25) is 5.52 Å². The lowest BCUT2D eigenvalue weighted by molar-refractivity contribution is -0.672. The van der Waals surface area contributed by atoms with Gasteiger partial charge >= 0.3 is 0 Å². The van der Waals surface area contributed by atoms with E-state index in [0.717, 1.165) is 54.8 Å². The molecule has 32 heavy (non-hydrogen) atoms. The molecule has 0 saturated heterocycles. The van der Waals surface area contributed by atoms with Crippen molar-refractivity contribution in [2.75, 3.05) is 11.4 Å². The number of aromatic nitrogens is 1. The van der Waals surface area contributed by atoms with Crippen LogP contribution in [0, 0.1) is 0 Å². The highest BCUT2D eigenvalue weighted by atomic mass is 32.2. The summed E-state index contributed by atoms with van der Waals surface area (Å²) in [6.07, 6.45) is 4.02. The van der Waals surface area contributed by atoms with Crippen molar-refractivity contribution in [3.8, 4) is 0 Å². The van der Waals surface area contributed by atoms with Gasteiger partial charge in [0.25, 0.3) is 5.01 Å². The fourth-order valence-corrected chi connectivity index (χ4v) is 8.43. The molecule has 0 atom stereocenters. The number of rotatable bonds is 1. The van der Waals surface area contributed by atoms with Crippen molar-refractivity contribution in [2.24, 2.45) is 0 Å². The molecule has 3 aliphatic heterocycles. The molecular formula is C26H21N2OS3+. The lowest BCUT2D eigenvalue weighted by Gasteiger charge is -2.33. The topological polar surface area (TPSA) is 24.2 Å². The highest BCUT2D eigenvalue weighted by Crippen LogP contribution is 2.54. The van der Waals surface area contributed by atoms with Gasteiger partial charge in [0.1, 0.15) is 4.70 Å². The number of anilines is 1. The van der Waals surface area contributed by atoms with Crippen LogP contribution in [0.1, 0.15) is 30.7 Å². The number of nitrogens with zero attached hydrogens (tertiary/aromatic N) is 2. The number of hydrogen-bond acceptors (Lipinski definition) is 5. The number of fused-ring (bicyclic) bond motifs is 6. The number of Topliss-reactive ketones (excluding diaryl/α,β-unsaturated/α-hetero) is 1. The van der Waals surface area contributed by atoms with Crippen molar-refractivity contribution in [3.05, 3.63) is 80.2 Å².